The quantitative estimate of drug-likeness (QED) is 0.689. The van der Waals surface area contributed by atoms with Crippen molar-refractivity contribution in [3.8, 4) is 11.3 Å². The van der Waals surface area contributed by atoms with Crippen LogP contribution < -0.4 is 5.73 Å². The third-order valence-electron chi connectivity index (χ3n) is 2.85. The molecule has 0 amide bonds. The molecule has 3 rings (SSSR count). The number of nitrogens with zero attached hydrogens (tertiary/aromatic N) is 1. The van der Waals surface area contributed by atoms with Crippen molar-refractivity contribution in [2.45, 2.75) is 6.92 Å². The Morgan fingerprint density at radius 1 is 1.12 bits per heavy atom. The molecule has 3 nitrogen and oxygen atoms in total. The van der Waals surface area contributed by atoms with Gasteiger partial charge < -0.3 is 10.2 Å². The molecule has 2 heterocycles. The number of aromatic nitrogens is 1. The molecule has 2 N–H and O–H groups in total. The summed E-state index contributed by atoms with van der Waals surface area (Å²) in [5, 5.41) is 0.913. The largest absolute Gasteiger partial charge is 0.452 e. The molecule has 3 aromatic rings. The number of fused-ring (bicyclic) bond motifs is 1. The number of rotatable bonds is 1. The second-order valence-corrected chi connectivity index (χ2v) is 4.08. The highest BCUT2D eigenvalue weighted by Crippen LogP contribution is 2.35. The van der Waals surface area contributed by atoms with Crippen LogP contribution in [-0.4, -0.2) is 4.98 Å². The van der Waals surface area contributed by atoms with Gasteiger partial charge in [0.15, 0.2) is 11.3 Å². The normalized spacial score (nSPS) is 10.9. The predicted octanol–water partition coefficient (Wildman–Crippen LogP) is 3.39. The number of hydrogen-bond donors (Lipinski definition) is 1. The van der Waals surface area contributed by atoms with Crippen molar-refractivity contribution in [3.63, 3.8) is 0 Å². The number of furan rings is 1. The summed E-state index contributed by atoms with van der Waals surface area (Å²) in [6.45, 7) is 2.05. The van der Waals surface area contributed by atoms with E-state index in [9.17, 15) is 0 Å². The first-order valence-electron chi connectivity index (χ1n) is 5.45. The van der Waals surface area contributed by atoms with E-state index in [4.69, 9.17) is 10.2 Å². The SMILES string of the molecule is Cc1ccc(-c2oc3cnccc3c2N)cc1. The summed E-state index contributed by atoms with van der Waals surface area (Å²) in [7, 11) is 0. The molecular weight excluding hydrogens is 212 g/mol. The van der Waals surface area contributed by atoms with Gasteiger partial charge >= 0.3 is 0 Å². The Morgan fingerprint density at radius 2 is 1.88 bits per heavy atom. The first kappa shape index (κ1) is 9.90. The van der Waals surface area contributed by atoms with Crippen LogP contribution >= 0.6 is 0 Å². The molecular formula is C14H12N2O. The first-order valence-corrected chi connectivity index (χ1v) is 5.45. The Hall–Kier alpha value is -2.29. The Morgan fingerprint density at radius 3 is 2.59 bits per heavy atom. The zero-order chi connectivity index (χ0) is 11.8. The van der Waals surface area contributed by atoms with Crippen LogP contribution in [0, 0.1) is 6.92 Å². The molecule has 3 heteroatoms. The van der Waals surface area contributed by atoms with E-state index < -0.39 is 0 Å². The van der Waals surface area contributed by atoms with E-state index >= 15 is 0 Å². The van der Waals surface area contributed by atoms with Crippen molar-refractivity contribution in [2.24, 2.45) is 0 Å². The molecule has 0 aliphatic rings. The summed E-state index contributed by atoms with van der Waals surface area (Å²) < 4.78 is 5.74. The second-order valence-electron chi connectivity index (χ2n) is 4.08. The molecule has 0 saturated carbocycles. The maximum absolute atomic E-state index is 6.09. The van der Waals surface area contributed by atoms with Gasteiger partial charge in [-0.3, -0.25) is 4.98 Å². The van der Waals surface area contributed by atoms with E-state index in [-0.39, 0.29) is 0 Å². The lowest BCUT2D eigenvalue weighted by molar-refractivity contribution is 0.631. The lowest BCUT2D eigenvalue weighted by atomic mass is 10.1. The molecule has 84 valence electrons. The zero-order valence-electron chi connectivity index (χ0n) is 9.47. The van der Waals surface area contributed by atoms with E-state index in [2.05, 4.69) is 11.9 Å². The van der Waals surface area contributed by atoms with Gasteiger partial charge in [-0.2, -0.15) is 0 Å². The van der Waals surface area contributed by atoms with Gasteiger partial charge in [-0.1, -0.05) is 29.8 Å². The second kappa shape index (κ2) is 3.63. The Bertz CT molecular complexity index is 668. The predicted molar refractivity (Wildman–Crippen MR) is 68.6 cm³/mol. The fraction of sp³-hybridized carbons (Fsp3) is 0.0714. The molecule has 0 aliphatic carbocycles. The maximum atomic E-state index is 6.09. The summed E-state index contributed by atoms with van der Waals surface area (Å²) in [5.74, 6) is 0.716. The van der Waals surface area contributed by atoms with Crippen molar-refractivity contribution < 1.29 is 4.42 Å². The lowest BCUT2D eigenvalue weighted by Crippen LogP contribution is -1.85. The van der Waals surface area contributed by atoms with Crippen LogP contribution in [0.4, 0.5) is 5.69 Å². The summed E-state index contributed by atoms with van der Waals surface area (Å²) in [6.07, 6.45) is 3.40. The molecule has 17 heavy (non-hydrogen) atoms. The van der Waals surface area contributed by atoms with Gasteiger partial charge in [0.25, 0.3) is 0 Å². The number of pyridine rings is 1. The number of nitrogens with two attached hydrogens (primary N) is 1. The molecule has 0 radical (unpaired) electrons. The van der Waals surface area contributed by atoms with Crippen molar-refractivity contribution in [1.29, 1.82) is 0 Å². The van der Waals surface area contributed by atoms with E-state index in [1.807, 2.05) is 30.3 Å². The fourth-order valence-corrected chi connectivity index (χ4v) is 1.89. The van der Waals surface area contributed by atoms with Crippen molar-refractivity contribution >= 4 is 16.7 Å². The van der Waals surface area contributed by atoms with Gasteiger partial charge in [0.1, 0.15) is 0 Å². The minimum absolute atomic E-state index is 0.672. The summed E-state index contributed by atoms with van der Waals surface area (Å²) in [4.78, 5) is 4.03. The Balaban J connectivity index is 2.24. The summed E-state index contributed by atoms with van der Waals surface area (Å²) >= 11 is 0. The first-order chi connectivity index (χ1) is 8.25. The highest BCUT2D eigenvalue weighted by Gasteiger charge is 2.12. The number of aryl methyl sites for hydroxylation is 1. The van der Waals surface area contributed by atoms with Crippen LogP contribution in [0.5, 0.6) is 0 Å². The minimum Gasteiger partial charge on any atom is -0.452 e. The Kier molecular flexibility index (Phi) is 2.11. The Labute approximate surface area is 98.9 Å². The van der Waals surface area contributed by atoms with Gasteiger partial charge in [0, 0.05) is 17.1 Å². The molecule has 2 aromatic heterocycles. The van der Waals surface area contributed by atoms with E-state index in [0.717, 1.165) is 16.5 Å². The number of benzene rings is 1. The van der Waals surface area contributed by atoms with Crippen LogP contribution in [0.15, 0.2) is 47.1 Å². The third-order valence-corrected chi connectivity index (χ3v) is 2.85. The molecule has 0 aliphatic heterocycles. The van der Waals surface area contributed by atoms with Gasteiger partial charge in [-0.25, -0.2) is 0 Å². The third kappa shape index (κ3) is 1.56. The highest BCUT2D eigenvalue weighted by atomic mass is 16.3. The van der Waals surface area contributed by atoms with E-state index in [1.54, 1.807) is 12.4 Å². The van der Waals surface area contributed by atoms with Crippen LogP contribution in [-0.2, 0) is 0 Å². The van der Waals surface area contributed by atoms with Gasteiger partial charge in [0.2, 0.25) is 0 Å². The number of nitrogen functional groups attached to an aromatic ring is 1. The van der Waals surface area contributed by atoms with Crippen LogP contribution in [0.1, 0.15) is 5.56 Å². The van der Waals surface area contributed by atoms with Gasteiger partial charge in [-0.05, 0) is 13.0 Å². The smallest absolute Gasteiger partial charge is 0.158 e. The summed E-state index contributed by atoms with van der Waals surface area (Å²) in [5.41, 5.74) is 9.69. The molecule has 0 fully saturated rings. The average molecular weight is 224 g/mol. The van der Waals surface area contributed by atoms with Crippen LogP contribution in [0.25, 0.3) is 22.3 Å². The molecule has 0 spiro atoms. The van der Waals surface area contributed by atoms with Crippen LogP contribution in [0.3, 0.4) is 0 Å². The topological polar surface area (TPSA) is 52.0 Å². The molecule has 0 saturated heterocycles. The van der Waals surface area contributed by atoms with E-state index in [1.165, 1.54) is 5.56 Å². The van der Waals surface area contributed by atoms with Gasteiger partial charge in [-0.15, -0.1) is 0 Å². The van der Waals surface area contributed by atoms with Crippen molar-refractivity contribution in [2.75, 3.05) is 5.73 Å². The standard InChI is InChI=1S/C14H12N2O/c1-9-2-4-10(5-3-9)14-13(15)11-6-7-16-8-12(11)17-14/h2-8H,15H2,1H3. The minimum atomic E-state index is 0.672. The average Bonchev–Trinajstić information content (AvgIpc) is 2.69. The molecule has 0 unspecified atom stereocenters. The highest BCUT2D eigenvalue weighted by molar-refractivity contribution is 5.96. The number of hydrogen-bond acceptors (Lipinski definition) is 3. The lowest BCUT2D eigenvalue weighted by Gasteiger charge is -1.99. The monoisotopic (exact) mass is 224 g/mol. The maximum Gasteiger partial charge on any atom is 0.158 e. The summed E-state index contributed by atoms with van der Waals surface area (Å²) in [6, 6.07) is 9.97. The van der Waals surface area contributed by atoms with Crippen LogP contribution in [0.2, 0.25) is 0 Å². The van der Waals surface area contributed by atoms with Crippen molar-refractivity contribution in [3.05, 3.63) is 48.3 Å². The molecule has 1 aromatic carbocycles. The molecule has 0 atom stereocenters. The fourth-order valence-electron chi connectivity index (χ4n) is 1.89. The van der Waals surface area contributed by atoms with E-state index in [0.29, 0.717) is 11.4 Å². The number of anilines is 1. The van der Waals surface area contributed by atoms with Gasteiger partial charge in [0.05, 0.1) is 11.9 Å². The molecule has 0 bridgehead atoms. The zero-order valence-corrected chi connectivity index (χ0v) is 9.47. The van der Waals surface area contributed by atoms with Crippen molar-refractivity contribution in [1.82, 2.24) is 4.98 Å².